The maximum absolute atomic E-state index is 12.2. The first-order valence-electron chi connectivity index (χ1n) is 23.5. The smallest absolute Gasteiger partial charge is 0.306 e. The normalized spacial score (nSPS) is 12.1. The molecule has 0 fully saturated rings. The Hall–Kier alpha value is -1.10. The standard InChI is InChI=1S/C47H92O5/c1-4-5-6-7-8-9-10-11-12-15-19-22-25-28-31-34-37-40-46(49)51-43-45(42-48)52-47(50)41-38-35-32-29-26-23-20-17-14-13-16-18-21-24-27-30-33-36-39-44(2)3/h44-45,48H,4-43H2,1-3H3/t45-/m0/s1. The van der Waals surface area contributed by atoms with E-state index in [0.717, 1.165) is 38.0 Å². The Bertz CT molecular complexity index is 723. The molecule has 5 heteroatoms. The van der Waals surface area contributed by atoms with Gasteiger partial charge in [-0.3, -0.25) is 9.59 Å². The molecule has 5 nitrogen and oxygen atoms in total. The summed E-state index contributed by atoms with van der Waals surface area (Å²) in [4.78, 5) is 24.4. The molecule has 0 aliphatic rings. The highest BCUT2D eigenvalue weighted by atomic mass is 16.6. The molecule has 0 aromatic rings. The monoisotopic (exact) mass is 737 g/mol. The van der Waals surface area contributed by atoms with E-state index in [1.807, 2.05) is 0 Å². The van der Waals surface area contributed by atoms with E-state index in [1.165, 1.54) is 199 Å². The van der Waals surface area contributed by atoms with Gasteiger partial charge in [-0.1, -0.05) is 239 Å². The van der Waals surface area contributed by atoms with Crippen molar-refractivity contribution in [2.24, 2.45) is 5.92 Å². The Balaban J connectivity index is 3.44. The molecule has 0 aliphatic heterocycles. The molecule has 0 bridgehead atoms. The van der Waals surface area contributed by atoms with Crippen LogP contribution in [-0.4, -0.2) is 36.4 Å². The molecule has 0 unspecified atom stereocenters. The van der Waals surface area contributed by atoms with Gasteiger partial charge in [-0.2, -0.15) is 0 Å². The molecule has 0 radical (unpaired) electrons. The van der Waals surface area contributed by atoms with Gasteiger partial charge < -0.3 is 14.6 Å². The lowest BCUT2D eigenvalue weighted by molar-refractivity contribution is -0.161. The Morgan fingerprint density at radius 3 is 1.02 bits per heavy atom. The van der Waals surface area contributed by atoms with Gasteiger partial charge in [0.1, 0.15) is 6.61 Å². The van der Waals surface area contributed by atoms with E-state index >= 15 is 0 Å². The molecule has 0 aromatic heterocycles. The molecule has 52 heavy (non-hydrogen) atoms. The molecule has 310 valence electrons. The second-order valence-corrected chi connectivity index (χ2v) is 16.7. The van der Waals surface area contributed by atoms with Gasteiger partial charge in [0.2, 0.25) is 0 Å². The minimum absolute atomic E-state index is 0.0567. The topological polar surface area (TPSA) is 72.8 Å². The maximum Gasteiger partial charge on any atom is 0.306 e. The van der Waals surface area contributed by atoms with Crippen molar-refractivity contribution in [1.82, 2.24) is 0 Å². The molecule has 0 aliphatic carbocycles. The molecule has 0 spiro atoms. The minimum atomic E-state index is -0.763. The molecule has 0 rings (SSSR count). The summed E-state index contributed by atoms with van der Waals surface area (Å²) in [6.07, 6.45) is 47.5. The molecule has 0 aromatic carbocycles. The summed E-state index contributed by atoms with van der Waals surface area (Å²) < 4.78 is 10.7. The molecule has 1 N–H and O–H groups in total. The zero-order valence-corrected chi connectivity index (χ0v) is 35.5. The number of unbranched alkanes of at least 4 members (excludes halogenated alkanes) is 33. The van der Waals surface area contributed by atoms with E-state index in [1.54, 1.807) is 0 Å². The quantitative estimate of drug-likeness (QED) is 0.0498. The SMILES string of the molecule is CCCCCCCCCCCCCCCCCCCC(=O)OC[C@H](CO)OC(=O)CCCCCCCCCCCCCCCCCCCCC(C)C. The van der Waals surface area contributed by atoms with Gasteiger partial charge in [-0.05, 0) is 18.8 Å². The fourth-order valence-electron chi connectivity index (χ4n) is 7.27. The highest BCUT2D eigenvalue weighted by Crippen LogP contribution is 2.17. The predicted molar refractivity (Wildman–Crippen MR) is 224 cm³/mol. The van der Waals surface area contributed by atoms with Crippen molar-refractivity contribution < 1.29 is 24.2 Å². The van der Waals surface area contributed by atoms with Crippen LogP contribution in [0.2, 0.25) is 0 Å². The number of carbonyl (C=O) groups is 2. The third-order valence-corrected chi connectivity index (χ3v) is 10.8. The van der Waals surface area contributed by atoms with Crippen LogP contribution in [0.15, 0.2) is 0 Å². The number of carbonyl (C=O) groups excluding carboxylic acids is 2. The summed E-state index contributed by atoms with van der Waals surface area (Å²) in [6.45, 7) is 6.55. The van der Waals surface area contributed by atoms with Crippen LogP contribution in [0.5, 0.6) is 0 Å². The summed E-state index contributed by atoms with van der Waals surface area (Å²) in [5, 5.41) is 9.60. The minimum Gasteiger partial charge on any atom is -0.462 e. The van der Waals surface area contributed by atoms with Crippen molar-refractivity contribution in [1.29, 1.82) is 0 Å². The summed E-state index contributed by atoms with van der Waals surface area (Å²) in [6, 6.07) is 0. The van der Waals surface area contributed by atoms with Gasteiger partial charge in [0.05, 0.1) is 6.61 Å². The third-order valence-electron chi connectivity index (χ3n) is 10.8. The van der Waals surface area contributed by atoms with Gasteiger partial charge in [0.15, 0.2) is 6.10 Å². The van der Waals surface area contributed by atoms with Gasteiger partial charge in [0, 0.05) is 12.8 Å². The van der Waals surface area contributed by atoms with Crippen molar-refractivity contribution in [2.75, 3.05) is 13.2 Å². The van der Waals surface area contributed by atoms with E-state index in [0.29, 0.717) is 12.8 Å². The van der Waals surface area contributed by atoms with E-state index < -0.39 is 6.10 Å². The molecule has 0 amide bonds. The molecular formula is C47H92O5. The molecular weight excluding hydrogens is 645 g/mol. The summed E-state index contributed by atoms with van der Waals surface area (Å²) in [5.74, 6) is 0.294. The van der Waals surface area contributed by atoms with Crippen LogP contribution in [0.3, 0.4) is 0 Å². The summed E-state index contributed by atoms with van der Waals surface area (Å²) in [7, 11) is 0. The highest BCUT2D eigenvalue weighted by Gasteiger charge is 2.16. The van der Waals surface area contributed by atoms with Gasteiger partial charge in [0.25, 0.3) is 0 Å². The Morgan fingerprint density at radius 1 is 0.423 bits per heavy atom. The lowest BCUT2D eigenvalue weighted by Gasteiger charge is -2.15. The second kappa shape index (κ2) is 42.6. The van der Waals surface area contributed by atoms with Crippen LogP contribution in [0.1, 0.15) is 265 Å². The van der Waals surface area contributed by atoms with Crippen LogP contribution in [0.25, 0.3) is 0 Å². The average molecular weight is 737 g/mol. The highest BCUT2D eigenvalue weighted by molar-refractivity contribution is 5.70. The van der Waals surface area contributed by atoms with Crippen LogP contribution in [0.4, 0.5) is 0 Å². The fraction of sp³-hybridized carbons (Fsp3) is 0.957. The average Bonchev–Trinajstić information content (AvgIpc) is 3.13. The summed E-state index contributed by atoms with van der Waals surface area (Å²) >= 11 is 0. The predicted octanol–water partition coefficient (Wildman–Crippen LogP) is 14.9. The first-order valence-corrected chi connectivity index (χ1v) is 23.5. The Morgan fingerprint density at radius 2 is 0.712 bits per heavy atom. The van der Waals surface area contributed by atoms with E-state index in [-0.39, 0.29) is 25.2 Å². The zero-order valence-electron chi connectivity index (χ0n) is 35.5. The van der Waals surface area contributed by atoms with E-state index in [2.05, 4.69) is 20.8 Å². The number of hydrogen-bond donors (Lipinski definition) is 1. The van der Waals surface area contributed by atoms with Crippen LogP contribution in [-0.2, 0) is 19.1 Å². The number of aliphatic hydroxyl groups is 1. The first kappa shape index (κ1) is 50.9. The van der Waals surface area contributed by atoms with Crippen molar-refractivity contribution >= 4 is 11.9 Å². The van der Waals surface area contributed by atoms with E-state index in [9.17, 15) is 14.7 Å². The fourth-order valence-corrected chi connectivity index (χ4v) is 7.27. The van der Waals surface area contributed by atoms with Crippen molar-refractivity contribution in [3.05, 3.63) is 0 Å². The Labute approximate surface area is 325 Å². The van der Waals surface area contributed by atoms with Crippen LogP contribution >= 0.6 is 0 Å². The molecule has 1 atom stereocenters. The lowest BCUT2D eigenvalue weighted by atomic mass is 10.0. The third kappa shape index (κ3) is 41.7. The second-order valence-electron chi connectivity index (χ2n) is 16.7. The number of hydrogen-bond acceptors (Lipinski definition) is 5. The van der Waals surface area contributed by atoms with Crippen molar-refractivity contribution in [2.45, 2.75) is 271 Å². The first-order chi connectivity index (χ1) is 25.5. The zero-order chi connectivity index (χ0) is 38.0. The van der Waals surface area contributed by atoms with Gasteiger partial charge in [-0.25, -0.2) is 0 Å². The van der Waals surface area contributed by atoms with Crippen LogP contribution in [0, 0.1) is 5.92 Å². The van der Waals surface area contributed by atoms with Crippen molar-refractivity contribution in [3.8, 4) is 0 Å². The van der Waals surface area contributed by atoms with Crippen molar-refractivity contribution in [3.63, 3.8) is 0 Å². The van der Waals surface area contributed by atoms with Crippen LogP contribution < -0.4 is 0 Å². The number of rotatable bonds is 43. The number of ether oxygens (including phenoxy) is 2. The maximum atomic E-state index is 12.2. The summed E-state index contributed by atoms with van der Waals surface area (Å²) in [5.41, 5.74) is 0. The molecule has 0 heterocycles. The van der Waals surface area contributed by atoms with Gasteiger partial charge >= 0.3 is 11.9 Å². The largest absolute Gasteiger partial charge is 0.462 e. The van der Waals surface area contributed by atoms with Gasteiger partial charge in [-0.15, -0.1) is 0 Å². The number of esters is 2. The molecule has 0 saturated carbocycles. The van der Waals surface area contributed by atoms with E-state index in [4.69, 9.17) is 9.47 Å². The number of aliphatic hydroxyl groups excluding tert-OH is 1. The Kier molecular flexibility index (Phi) is 41.7. The molecule has 0 saturated heterocycles. The lowest BCUT2D eigenvalue weighted by Crippen LogP contribution is -2.28.